The fraction of sp³-hybridized carbons (Fsp3) is 0.571. The summed E-state index contributed by atoms with van der Waals surface area (Å²) < 4.78 is 19.2. The molecule has 18 heavy (non-hydrogen) atoms. The minimum Gasteiger partial charge on any atom is -0.490 e. The van der Waals surface area contributed by atoms with Crippen LogP contribution in [0.5, 0.6) is 5.75 Å². The molecule has 0 aromatic heterocycles. The van der Waals surface area contributed by atoms with Gasteiger partial charge in [0.2, 0.25) is 0 Å². The number of rotatable bonds is 2. The first-order valence-corrected chi connectivity index (χ1v) is 6.96. The number of hydrogen-bond donors (Lipinski definition) is 1. The average Bonchev–Trinajstić information content (AvgIpc) is 2.33. The molecule has 1 N–H and O–H groups in total. The molecule has 0 amide bonds. The Labute approximate surface area is 111 Å². The van der Waals surface area contributed by atoms with Crippen LogP contribution in [0.15, 0.2) is 18.2 Å². The van der Waals surface area contributed by atoms with Gasteiger partial charge in [-0.1, -0.05) is 18.0 Å². The van der Waals surface area contributed by atoms with Crippen LogP contribution in [0.4, 0.5) is 4.39 Å². The predicted molar refractivity (Wildman–Crippen MR) is 69.6 cm³/mol. The molecule has 2 saturated heterocycles. The first-order valence-electron chi connectivity index (χ1n) is 6.58. The second-order valence-electron chi connectivity index (χ2n) is 5.28. The molecule has 2 nitrogen and oxygen atoms in total. The molecule has 98 valence electrons. The molecule has 0 spiro atoms. The molecule has 2 aliphatic heterocycles. The molecule has 3 atom stereocenters. The van der Waals surface area contributed by atoms with E-state index >= 15 is 0 Å². The molecular weight excluding hydrogens is 253 g/mol. The first-order chi connectivity index (χ1) is 8.70. The highest BCUT2D eigenvalue weighted by Crippen LogP contribution is 2.29. The summed E-state index contributed by atoms with van der Waals surface area (Å²) in [5, 5.41) is 3.76. The van der Waals surface area contributed by atoms with E-state index in [2.05, 4.69) is 5.32 Å². The quantitative estimate of drug-likeness (QED) is 0.887. The van der Waals surface area contributed by atoms with Crippen LogP contribution in [0.25, 0.3) is 0 Å². The molecule has 2 fully saturated rings. The van der Waals surface area contributed by atoms with Gasteiger partial charge in [-0.25, -0.2) is 4.39 Å². The van der Waals surface area contributed by atoms with Gasteiger partial charge in [-0.3, -0.25) is 0 Å². The summed E-state index contributed by atoms with van der Waals surface area (Å²) in [6, 6.07) is 5.80. The van der Waals surface area contributed by atoms with Gasteiger partial charge < -0.3 is 10.1 Å². The zero-order chi connectivity index (χ0) is 12.5. The molecule has 1 aromatic rings. The van der Waals surface area contributed by atoms with Gasteiger partial charge in [0.25, 0.3) is 0 Å². The molecule has 2 aliphatic rings. The third kappa shape index (κ3) is 2.62. The van der Waals surface area contributed by atoms with Gasteiger partial charge in [0, 0.05) is 18.2 Å². The standard InChI is InChI=1S/C14H17ClFNO/c15-13-5-4-11(8-14(13)16)18-12-6-9-2-1-3-10(7-12)17-9/h4-5,8-10,12,17H,1-3,6-7H2/t9-,10+,12-. The van der Waals surface area contributed by atoms with Gasteiger partial charge >= 0.3 is 0 Å². The van der Waals surface area contributed by atoms with Crippen LogP contribution in [-0.2, 0) is 0 Å². The second-order valence-corrected chi connectivity index (χ2v) is 5.69. The van der Waals surface area contributed by atoms with Crippen LogP contribution in [0.2, 0.25) is 5.02 Å². The lowest BCUT2D eigenvalue weighted by atomic mass is 9.85. The van der Waals surface area contributed by atoms with Crippen molar-refractivity contribution in [1.29, 1.82) is 0 Å². The van der Waals surface area contributed by atoms with E-state index < -0.39 is 5.82 Å². The molecule has 0 radical (unpaired) electrons. The molecule has 0 aliphatic carbocycles. The third-order valence-corrected chi connectivity index (χ3v) is 4.17. The fourth-order valence-corrected chi connectivity index (χ4v) is 3.17. The van der Waals surface area contributed by atoms with Gasteiger partial charge in [0.15, 0.2) is 0 Å². The lowest BCUT2D eigenvalue weighted by molar-refractivity contribution is 0.0925. The Morgan fingerprint density at radius 3 is 2.61 bits per heavy atom. The second kappa shape index (κ2) is 5.06. The third-order valence-electron chi connectivity index (χ3n) is 3.87. The van der Waals surface area contributed by atoms with Crippen LogP contribution in [0.1, 0.15) is 32.1 Å². The minimum absolute atomic E-state index is 0.143. The highest BCUT2D eigenvalue weighted by atomic mass is 35.5. The molecule has 0 unspecified atom stereocenters. The van der Waals surface area contributed by atoms with E-state index in [-0.39, 0.29) is 11.1 Å². The largest absolute Gasteiger partial charge is 0.490 e. The Balaban J connectivity index is 1.67. The number of benzene rings is 1. The van der Waals surface area contributed by atoms with Crippen LogP contribution in [0, 0.1) is 5.82 Å². The van der Waals surface area contributed by atoms with E-state index in [1.165, 1.54) is 25.3 Å². The monoisotopic (exact) mass is 269 g/mol. The van der Waals surface area contributed by atoms with E-state index in [0.29, 0.717) is 17.8 Å². The summed E-state index contributed by atoms with van der Waals surface area (Å²) in [6.07, 6.45) is 5.99. The highest BCUT2D eigenvalue weighted by Gasteiger charge is 2.32. The van der Waals surface area contributed by atoms with Crippen molar-refractivity contribution < 1.29 is 9.13 Å². The number of piperidine rings is 2. The maximum absolute atomic E-state index is 13.3. The van der Waals surface area contributed by atoms with Crippen LogP contribution >= 0.6 is 11.6 Å². The zero-order valence-corrected chi connectivity index (χ0v) is 10.9. The fourth-order valence-electron chi connectivity index (χ4n) is 3.05. The van der Waals surface area contributed by atoms with Crippen molar-refractivity contribution in [2.45, 2.75) is 50.3 Å². The van der Waals surface area contributed by atoms with Crippen molar-refractivity contribution in [2.24, 2.45) is 0 Å². The predicted octanol–water partition coefficient (Wildman–Crippen LogP) is 3.53. The maximum atomic E-state index is 13.3. The van der Waals surface area contributed by atoms with Crippen LogP contribution in [0.3, 0.4) is 0 Å². The number of fused-ring (bicyclic) bond motifs is 2. The SMILES string of the molecule is Fc1cc(O[C@@H]2C[C@H]3CCC[C@@H](C2)N3)ccc1Cl. The first kappa shape index (κ1) is 12.2. The van der Waals surface area contributed by atoms with Crippen molar-refractivity contribution in [1.82, 2.24) is 5.32 Å². The molecular formula is C14H17ClFNO. The number of hydrogen-bond acceptors (Lipinski definition) is 2. The summed E-state index contributed by atoms with van der Waals surface area (Å²) in [7, 11) is 0. The smallest absolute Gasteiger partial charge is 0.145 e. The summed E-state index contributed by atoms with van der Waals surface area (Å²) in [4.78, 5) is 0. The zero-order valence-electron chi connectivity index (χ0n) is 10.2. The Kier molecular flexibility index (Phi) is 3.44. The van der Waals surface area contributed by atoms with Gasteiger partial charge in [-0.15, -0.1) is 0 Å². The molecule has 0 saturated carbocycles. The number of nitrogens with one attached hydrogen (secondary N) is 1. The number of ether oxygens (including phenoxy) is 1. The van der Waals surface area contributed by atoms with Crippen molar-refractivity contribution in [3.63, 3.8) is 0 Å². The van der Waals surface area contributed by atoms with Gasteiger partial charge in [0.05, 0.1) is 5.02 Å². The van der Waals surface area contributed by atoms with Crippen molar-refractivity contribution in [3.05, 3.63) is 29.0 Å². The molecule has 1 aromatic carbocycles. The van der Waals surface area contributed by atoms with E-state index in [9.17, 15) is 4.39 Å². The Hall–Kier alpha value is -0.800. The summed E-state index contributed by atoms with van der Waals surface area (Å²) in [5.74, 6) is 0.171. The Bertz CT molecular complexity index is 428. The van der Waals surface area contributed by atoms with Gasteiger partial charge in [0.1, 0.15) is 17.7 Å². The normalized spacial score (nSPS) is 31.1. The highest BCUT2D eigenvalue weighted by molar-refractivity contribution is 6.30. The lowest BCUT2D eigenvalue weighted by Crippen LogP contribution is -2.51. The van der Waals surface area contributed by atoms with Crippen LogP contribution in [-0.4, -0.2) is 18.2 Å². The minimum atomic E-state index is -0.414. The van der Waals surface area contributed by atoms with E-state index in [1.807, 2.05) is 0 Å². The summed E-state index contributed by atoms with van der Waals surface area (Å²) in [5.41, 5.74) is 0. The van der Waals surface area contributed by atoms with Gasteiger partial charge in [-0.2, -0.15) is 0 Å². The Morgan fingerprint density at radius 1 is 1.22 bits per heavy atom. The Morgan fingerprint density at radius 2 is 1.94 bits per heavy atom. The molecule has 2 bridgehead atoms. The molecule has 4 heteroatoms. The van der Waals surface area contributed by atoms with Crippen molar-refractivity contribution in [3.8, 4) is 5.75 Å². The van der Waals surface area contributed by atoms with Crippen molar-refractivity contribution >= 4 is 11.6 Å². The van der Waals surface area contributed by atoms with Crippen molar-refractivity contribution in [2.75, 3.05) is 0 Å². The lowest BCUT2D eigenvalue weighted by Gasteiger charge is -2.40. The topological polar surface area (TPSA) is 21.3 Å². The van der Waals surface area contributed by atoms with E-state index in [1.54, 1.807) is 12.1 Å². The van der Waals surface area contributed by atoms with E-state index in [4.69, 9.17) is 16.3 Å². The summed E-state index contributed by atoms with van der Waals surface area (Å²) >= 11 is 5.66. The maximum Gasteiger partial charge on any atom is 0.145 e. The van der Waals surface area contributed by atoms with Gasteiger partial charge in [-0.05, 0) is 37.8 Å². The number of halogens is 2. The molecule has 2 heterocycles. The molecule has 3 rings (SSSR count). The average molecular weight is 270 g/mol. The summed E-state index contributed by atoms with van der Waals surface area (Å²) in [6.45, 7) is 0. The van der Waals surface area contributed by atoms with E-state index in [0.717, 1.165) is 12.8 Å². The van der Waals surface area contributed by atoms with Crippen LogP contribution < -0.4 is 10.1 Å².